The first-order valence-electron chi connectivity index (χ1n) is 5.41. The molecule has 2 N–H and O–H groups in total. The van der Waals surface area contributed by atoms with E-state index in [0.717, 1.165) is 12.0 Å². The van der Waals surface area contributed by atoms with E-state index < -0.39 is 0 Å². The molecule has 2 nitrogen and oxygen atoms in total. The third-order valence-corrected chi connectivity index (χ3v) is 2.55. The molecule has 0 aromatic heterocycles. The first-order valence-corrected chi connectivity index (χ1v) is 5.41. The summed E-state index contributed by atoms with van der Waals surface area (Å²) in [5, 5.41) is 0. The van der Waals surface area contributed by atoms with Crippen LogP contribution in [0.5, 0.6) is 0 Å². The molecule has 0 aliphatic rings. The van der Waals surface area contributed by atoms with E-state index in [9.17, 15) is 4.79 Å². The molecule has 0 unspecified atom stereocenters. The van der Waals surface area contributed by atoms with Crippen molar-refractivity contribution < 1.29 is 4.79 Å². The second-order valence-corrected chi connectivity index (χ2v) is 4.04. The van der Waals surface area contributed by atoms with Crippen LogP contribution in [0.2, 0.25) is 0 Å². The molecule has 0 aliphatic carbocycles. The molecule has 15 heavy (non-hydrogen) atoms. The second kappa shape index (κ2) is 5.66. The summed E-state index contributed by atoms with van der Waals surface area (Å²) in [6.07, 6.45) is 1.95. The number of ketones is 1. The van der Waals surface area contributed by atoms with Crippen LogP contribution in [-0.4, -0.2) is 12.3 Å². The number of nitrogens with two attached hydrogens (primary N) is 1. The normalized spacial score (nSPS) is 10.3. The van der Waals surface area contributed by atoms with Gasteiger partial charge < -0.3 is 5.73 Å². The highest BCUT2D eigenvalue weighted by molar-refractivity contribution is 5.81. The summed E-state index contributed by atoms with van der Waals surface area (Å²) in [6.45, 7) is 4.69. The lowest BCUT2D eigenvalue weighted by molar-refractivity contribution is -0.118. The van der Waals surface area contributed by atoms with Crippen LogP contribution in [-0.2, 0) is 11.2 Å². The maximum absolute atomic E-state index is 11.6. The largest absolute Gasteiger partial charge is 0.330 e. The van der Waals surface area contributed by atoms with Crippen LogP contribution in [0, 0.1) is 13.8 Å². The Morgan fingerprint density at radius 3 is 2.73 bits per heavy atom. The zero-order valence-corrected chi connectivity index (χ0v) is 9.55. The maximum atomic E-state index is 11.6. The number of carbonyl (C=O) groups is 1. The van der Waals surface area contributed by atoms with Crippen molar-refractivity contribution in [3.05, 3.63) is 34.9 Å². The fraction of sp³-hybridized carbons (Fsp3) is 0.462. The van der Waals surface area contributed by atoms with Gasteiger partial charge in [-0.2, -0.15) is 0 Å². The Morgan fingerprint density at radius 1 is 1.33 bits per heavy atom. The van der Waals surface area contributed by atoms with Crippen molar-refractivity contribution in [1.29, 1.82) is 0 Å². The molecule has 0 saturated carbocycles. The van der Waals surface area contributed by atoms with Crippen LogP contribution in [0.25, 0.3) is 0 Å². The Labute approximate surface area is 91.5 Å². The van der Waals surface area contributed by atoms with Crippen molar-refractivity contribution in [2.45, 2.75) is 33.1 Å². The number of hydrogen-bond donors (Lipinski definition) is 1. The highest BCUT2D eigenvalue weighted by Crippen LogP contribution is 2.12. The summed E-state index contributed by atoms with van der Waals surface area (Å²) in [6, 6.07) is 6.24. The Kier molecular flexibility index (Phi) is 4.50. The molecule has 0 bridgehead atoms. The molecule has 2 heteroatoms. The van der Waals surface area contributed by atoms with Gasteiger partial charge >= 0.3 is 0 Å². The van der Waals surface area contributed by atoms with Crippen molar-refractivity contribution in [2.24, 2.45) is 5.73 Å². The lowest BCUT2D eigenvalue weighted by Gasteiger charge is -2.06. The van der Waals surface area contributed by atoms with Gasteiger partial charge in [0.05, 0.1) is 0 Å². The van der Waals surface area contributed by atoms with E-state index in [1.807, 2.05) is 13.8 Å². The third kappa shape index (κ3) is 3.84. The fourth-order valence-electron chi connectivity index (χ4n) is 1.59. The summed E-state index contributed by atoms with van der Waals surface area (Å²) >= 11 is 0. The lowest BCUT2D eigenvalue weighted by Crippen LogP contribution is -2.07. The number of rotatable bonds is 5. The number of carbonyl (C=O) groups excluding carboxylic acids is 1. The maximum Gasteiger partial charge on any atom is 0.137 e. The first kappa shape index (κ1) is 11.9. The van der Waals surface area contributed by atoms with E-state index in [1.54, 1.807) is 0 Å². The summed E-state index contributed by atoms with van der Waals surface area (Å²) in [4.78, 5) is 11.6. The molecule has 1 aromatic rings. The summed E-state index contributed by atoms with van der Waals surface area (Å²) in [7, 11) is 0. The summed E-state index contributed by atoms with van der Waals surface area (Å²) in [5.41, 5.74) is 8.93. The smallest absolute Gasteiger partial charge is 0.137 e. The van der Waals surface area contributed by atoms with Crippen LogP contribution >= 0.6 is 0 Å². The highest BCUT2D eigenvalue weighted by atomic mass is 16.1. The molecule has 0 spiro atoms. The number of aryl methyl sites for hydroxylation is 2. The average Bonchev–Trinajstić information content (AvgIpc) is 2.20. The minimum atomic E-state index is 0.286. The van der Waals surface area contributed by atoms with Gasteiger partial charge in [-0.3, -0.25) is 4.79 Å². The fourth-order valence-corrected chi connectivity index (χ4v) is 1.59. The van der Waals surface area contributed by atoms with Gasteiger partial charge in [0.2, 0.25) is 0 Å². The first-order chi connectivity index (χ1) is 7.13. The predicted molar refractivity (Wildman–Crippen MR) is 62.9 cm³/mol. The molecule has 0 aliphatic heterocycles. The van der Waals surface area contributed by atoms with Crippen LogP contribution in [0.15, 0.2) is 18.2 Å². The van der Waals surface area contributed by atoms with Gasteiger partial charge in [-0.15, -0.1) is 0 Å². The zero-order valence-electron chi connectivity index (χ0n) is 9.55. The van der Waals surface area contributed by atoms with Crippen molar-refractivity contribution >= 4 is 5.78 Å². The predicted octanol–water partition coefficient (Wildman–Crippen LogP) is 2.15. The molecule has 0 heterocycles. The van der Waals surface area contributed by atoms with Gasteiger partial charge in [-0.1, -0.05) is 23.8 Å². The van der Waals surface area contributed by atoms with Crippen LogP contribution in [0.3, 0.4) is 0 Å². The molecule has 0 saturated heterocycles. The van der Waals surface area contributed by atoms with Crippen LogP contribution < -0.4 is 5.73 Å². The van der Waals surface area contributed by atoms with Crippen molar-refractivity contribution in [2.75, 3.05) is 6.54 Å². The molecule has 82 valence electrons. The standard InChI is InChI=1S/C13H19NO/c1-10-5-6-11(2)12(8-10)9-13(15)4-3-7-14/h5-6,8H,3-4,7,9,14H2,1-2H3. The van der Waals surface area contributed by atoms with Gasteiger partial charge in [0, 0.05) is 12.8 Å². The van der Waals surface area contributed by atoms with E-state index >= 15 is 0 Å². The van der Waals surface area contributed by atoms with Crippen LogP contribution in [0.1, 0.15) is 29.5 Å². The molecular weight excluding hydrogens is 186 g/mol. The average molecular weight is 205 g/mol. The van der Waals surface area contributed by atoms with E-state index in [0.29, 0.717) is 19.4 Å². The number of benzene rings is 1. The molecular formula is C13H19NO. The Morgan fingerprint density at radius 2 is 2.07 bits per heavy atom. The zero-order chi connectivity index (χ0) is 11.3. The molecule has 0 radical (unpaired) electrons. The Hall–Kier alpha value is -1.15. The van der Waals surface area contributed by atoms with Gasteiger partial charge in [0.15, 0.2) is 0 Å². The second-order valence-electron chi connectivity index (χ2n) is 4.04. The van der Waals surface area contributed by atoms with E-state index in [-0.39, 0.29) is 5.78 Å². The number of hydrogen-bond acceptors (Lipinski definition) is 2. The lowest BCUT2D eigenvalue weighted by atomic mass is 9.99. The number of Topliss-reactive ketones (excluding diaryl/α,β-unsaturated/α-hetero) is 1. The van der Waals surface area contributed by atoms with Gasteiger partial charge in [0.1, 0.15) is 5.78 Å². The quantitative estimate of drug-likeness (QED) is 0.800. The van der Waals surface area contributed by atoms with E-state index in [1.165, 1.54) is 11.1 Å². The van der Waals surface area contributed by atoms with Gasteiger partial charge in [-0.05, 0) is 37.9 Å². The van der Waals surface area contributed by atoms with Crippen molar-refractivity contribution in [3.8, 4) is 0 Å². The summed E-state index contributed by atoms with van der Waals surface area (Å²) < 4.78 is 0. The molecule has 0 amide bonds. The van der Waals surface area contributed by atoms with Crippen molar-refractivity contribution in [1.82, 2.24) is 0 Å². The minimum Gasteiger partial charge on any atom is -0.330 e. The minimum absolute atomic E-state index is 0.286. The van der Waals surface area contributed by atoms with Gasteiger partial charge in [-0.25, -0.2) is 0 Å². The van der Waals surface area contributed by atoms with E-state index in [4.69, 9.17) is 5.73 Å². The third-order valence-electron chi connectivity index (χ3n) is 2.55. The van der Waals surface area contributed by atoms with Gasteiger partial charge in [0.25, 0.3) is 0 Å². The molecule has 0 fully saturated rings. The highest BCUT2D eigenvalue weighted by Gasteiger charge is 2.05. The topological polar surface area (TPSA) is 43.1 Å². The molecule has 0 atom stereocenters. The molecule has 1 aromatic carbocycles. The molecule has 1 rings (SSSR count). The van der Waals surface area contributed by atoms with E-state index in [2.05, 4.69) is 18.2 Å². The monoisotopic (exact) mass is 205 g/mol. The summed E-state index contributed by atoms with van der Waals surface area (Å²) in [5.74, 6) is 0.286. The van der Waals surface area contributed by atoms with Crippen molar-refractivity contribution in [3.63, 3.8) is 0 Å². The SMILES string of the molecule is Cc1ccc(C)c(CC(=O)CCCN)c1. The Balaban J connectivity index is 2.63. The van der Waals surface area contributed by atoms with Crippen LogP contribution in [0.4, 0.5) is 0 Å². The Bertz CT molecular complexity index is 344.